The highest BCUT2D eigenvalue weighted by Gasteiger charge is 2.30. The molecule has 0 unspecified atom stereocenters. The number of nitrogens with one attached hydrogen (secondary N) is 2. The molecule has 1 atom stereocenters. The van der Waals surface area contributed by atoms with Crippen molar-refractivity contribution in [2.45, 2.75) is 20.0 Å². The van der Waals surface area contributed by atoms with Crippen LogP contribution in [0.1, 0.15) is 13.3 Å². The first kappa shape index (κ1) is 16.4. The number of ether oxygens (including phenoxy) is 3. The number of halogens is 2. The summed E-state index contributed by atoms with van der Waals surface area (Å²) < 4.78 is 39.5. The molecule has 130 valence electrons. The molecule has 3 rings (SSSR count). The van der Waals surface area contributed by atoms with Crippen LogP contribution in [-0.4, -0.2) is 46.6 Å². The van der Waals surface area contributed by atoms with Gasteiger partial charge in [0, 0.05) is 18.1 Å². The summed E-state index contributed by atoms with van der Waals surface area (Å²) in [5.41, 5.74) is -0.0329. The first-order valence-corrected chi connectivity index (χ1v) is 7.32. The molecule has 0 saturated carbocycles. The van der Waals surface area contributed by atoms with Crippen molar-refractivity contribution in [2.75, 3.05) is 25.1 Å². The standard InChI is InChI=1S/C14H17F2N5O3/c1-14(2-3-22-7-14)8-23-12-6-17-5-10(19-12)18-9-4-11(21-20-9)24-13(15)16/h4-6,13H,2-3,7-8H2,1H3,(H2,18,19,20,21)/t14-/m1/s1. The first-order chi connectivity index (χ1) is 11.5. The van der Waals surface area contributed by atoms with Crippen LogP contribution in [0.15, 0.2) is 18.5 Å². The van der Waals surface area contributed by atoms with E-state index >= 15 is 0 Å². The van der Waals surface area contributed by atoms with Crippen molar-refractivity contribution < 1.29 is 23.0 Å². The number of alkyl halides is 2. The monoisotopic (exact) mass is 341 g/mol. The molecule has 0 radical (unpaired) electrons. The molecule has 8 nitrogen and oxygen atoms in total. The van der Waals surface area contributed by atoms with Crippen LogP contribution in [0.25, 0.3) is 0 Å². The van der Waals surface area contributed by atoms with Crippen LogP contribution in [0.3, 0.4) is 0 Å². The Morgan fingerprint density at radius 3 is 3.04 bits per heavy atom. The number of anilines is 2. The fourth-order valence-electron chi connectivity index (χ4n) is 2.20. The number of hydrogen-bond donors (Lipinski definition) is 2. The average Bonchev–Trinajstić information content (AvgIpc) is 3.15. The molecule has 3 heterocycles. The van der Waals surface area contributed by atoms with E-state index in [1.807, 2.05) is 0 Å². The van der Waals surface area contributed by atoms with Crippen LogP contribution in [0.2, 0.25) is 0 Å². The van der Waals surface area contributed by atoms with Gasteiger partial charge in [-0.15, -0.1) is 0 Å². The minimum atomic E-state index is -2.92. The maximum absolute atomic E-state index is 12.1. The Balaban J connectivity index is 1.59. The van der Waals surface area contributed by atoms with Gasteiger partial charge in [-0.1, -0.05) is 6.92 Å². The zero-order chi connectivity index (χ0) is 17.0. The zero-order valence-corrected chi connectivity index (χ0v) is 13.0. The van der Waals surface area contributed by atoms with Gasteiger partial charge < -0.3 is 19.5 Å². The summed E-state index contributed by atoms with van der Waals surface area (Å²) in [6.45, 7) is 1.02. The van der Waals surface area contributed by atoms with E-state index in [0.717, 1.165) is 13.0 Å². The second kappa shape index (κ2) is 6.95. The Bertz CT molecular complexity index is 676. The number of H-pyrrole nitrogens is 1. The minimum absolute atomic E-state index is 0.0329. The van der Waals surface area contributed by atoms with Crippen LogP contribution < -0.4 is 14.8 Å². The summed E-state index contributed by atoms with van der Waals surface area (Å²) in [7, 11) is 0. The maximum Gasteiger partial charge on any atom is 0.388 e. The van der Waals surface area contributed by atoms with Gasteiger partial charge in [-0.3, -0.25) is 4.98 Å². The molecule has 1 aliphatic rings. The van der Waals surface area contributed by atoms with Crippen LogP contribution in [0.4, 0.5) is 20.4 Å². The molecule has 0 amide bonds. The third-order valence-electron chi connectivity index (χ3n) is 3.51. The molecule has 24 heavy (non-hydrogen) atoms. The van der Waals surface area contributed by atoms with Gasteiger partial charge >= 0.3 is 6.61 Å². The van der Waals surface area contributed by atoms with Gasteiger partial charge in [-0.2, -0.15) is 18.9 Å². The van der Waals surface area contributed by atoms with Gasteiger partial charge in [-0.05, 0) is 6.42 Å². The number of aromatic amines is 1. The van der Waals surface area contributed by atoms with Crippen molar-refractivity contribution in [1.82, 2.24) is 20.2 Å². The van der Waals surface area contributed by atoms with Crippen LogP contribution in [0, 0.1) is 5.41 Å². The molecule has 1 fully saturated rings. The first-order valence-electron chi connectivity index (χ1n) is 7.32. The summed E-state index contributed by atoms with van der Waals surface area (Å²) in [4.78, 5) is 8.28. The van der Waals surface area contributed by atoms with Crippen molar-refractivity contribution in [2.24, 2.45) is 5.41 Å². The number of hydrogen-bond acceptors (Lipinski definition) is 7. The summed E-state index contributed by atoms with van der Waals surface area (Å²) in [5.74, 6) is 0.846. The summed E-state index contributed by atoms with van der Waals surface area (Å²) in [6, 6.07) is 1.29. The Morgan fingerprint density at radius 1 is 1.42 bits per heavy atom. The van der Waals surface area contributed by atoms with Gasteiger partial charge in [0.25, 0.3) is 0 Å². The van der Waals surface area contributed by atoms with Crippen molar-refractivity contribution >= 4 is 11.6 Å². The van der Waals surface area contributed by atoms with Gasteiger partial charge in [0.1, 0.15) is 0 Å². The van der Waals surface area contributed by atoms with E-state index in [1.165, 1.54) is 18.5 Å². The lowest BCUT2D eigenvalue weighted by Gasteiger charge is -2.21. The van der Waals surface area contributed by atoms with Gasteiger partial charge in [-0.25, -0.2) is 5.10 Å². The van der Waals surface area contributed by atoms with Crippen molar-refractivity contribution in [3.8, 4) is 11.8 Å². The van der Waals surface area contributed by atoms with E-state index in [1.54, 1.807) is 0 Å². The highest BCUT2D eigenvalue weighted by Crippen LogP contribution is 2.28. The minimum Gasteiger partial charge on any atom is -0.476 e. The Morgan fingerprint density at radius 2 is 2.29 bits per heavy atom. The van der Waals surface area contributed by atoms with E-state index in [0.29, 0.717) is 24.9 Å². The molecule has 2 aromatic rings. The Hall–Kier alpha value is -2.49. The quantitative estimate of drug-likeness (QED) is 0.798. The molecular weight excluding hydrogens is 324 g/mol. The molecule has 1 saturated heterocycles. The summed E-state index contributed by atoms with van der Waals surface area (Å²) >= 11 is 0. The van der Waals surface area contributed by atoms with Crippen LogP contribution in [0.5, 0.6) is 11.8 Å². The molecule has 1 aliphatic heterocycles. The lowest BCUT2D eigenvalue weighted by Crippen LogP contribution is -2.25. The number of rotatable bonds is 7. The third-order valence-corrected chi connectivity index (χ3v) is 3.51. The molecule has 10 heteroatoms. The Labute approximate surface area is 136 Å². The van der Waals surface area contributed by atoms with Crippen LogP contribution >= 0.6 is 0 Å². The maximum atomic E-state index is 12.1. The molecule has 2 aromatic heterocycles. The van der Waals surface area contributed by atoms with Crippen LogP contribution in [-0.2, 0) is 4.74 Å². The summed E-state index contributed by atoms with van der Waals surface area (Å²) in [5, 5.41) is 8.96. The third kappa shape index (κ3) is 4.28. The number of nitrogens with zero attached hydrogens (tertiary/aromatic N) is 3. The smallest absolute Gasteiger partial charge is 0.388 e. The lowest BCUT2D eigenvalue weighted by atomic mass is 9.91. The van der Waals surface area contributed by atoms with Crippen molar-refractivity contribution in [3.63, 3.8) is 0 Å². The van der Waals surface area contributed by atoms with Crippen molar-refractivity contribution in [3.05, 3.63) is 18.5 Å². The highest BCUT2D eigenvalue weighted by atomic mass is 19.3. The molecule has 2 N–H and O–H groups in total. The van der Waals surface area contributed by atoms with E-state index < -0.39 is 6.61 Å². The zero-order valence-electron chi connectivity index (χ0n) is 13.0. The van der Waals surface area contributed by atoms with Gasteiger partial charge in [0.15, 0.2) is 11.6 Å². The number of aromatic nitrogens is 4. The largest absolute Gasteiger partial charge is 0.476 e. The topological polar surface area (TPSA) is 94.2 Å². The molecule has 0 bridgehead atoms. The predicted molar refractivity (Wildman–Crippen MR) is 79.6 cm³/mol. The normalized spacial score (nSPS) is 20.3. The molecule has 0 aliphatic carbocycles. The summed E-state index contributed by atoms with van der Waals surface area (Å²) in [6.07, 6.45) is 3.90. The predicted octanol–water partition coefficient (Wildman–Crippen LogP) is 2.35. The van der Waals surface area contributed by atoms with E-state index in [-0.39, 0.29) is 17.1 Å². The fraction of sp³-hybridized carbons (Fsp3) is 0.500. The van der Waals surface area contributed by atoms with Gasteiger partial charge in [0.05, 0.1) is 25.6 Å². The fourth-order valence-corrected chi connectivity index (χ4v) is 2.20. The second-order valence-electron chi connectivity index (χ2n) is 5.77. The van der Waals surface area contributed by atoms with Gasteiger partial charge in [0.2, 0.25) is 11.8 Å². The van der Waals surface area contributed by atoms with E-state index in [4.69, 9.17) is 9.47 Å². The molecule has 0 spiro atoms. The SMILES string of the molecule is C[C@@]1(COc2cncc(Nc3cc(OC(F)F)[nH]n3)n2)CCOC1. The lowest BCUT2D eigenvalue weighted by molar-refractivity contribution is -0.0528. The molecule has 0 aromatic carbocycles. The average molecular weight is 341 g/mol. The highest BCUT2D eigenvalue weighted by molar-refractivity contribution is 5.51. The molecular formula is C14H17F2N5O3. The van der Waals surface area contributed by atoms with Crippen molar-refractivity contribution in [1.29, 1.82) is 0 Å². The van der Waals surface area contributed by atoms with E-state index in [9.17, 15) is 8.78 Å². The van der Waals surface area contributed by atoms with E-state index in [2.05, 4.69) is 37.1 Å². The second-order valence-corrected chi connectivity index (χ2v) is 5.77. The Kier molecular flexibility index (Phi) is 4.74.